The van der Waals surface area contributed by atoms with Gasteiger partial charge in [0.25, 0.3) is 0 Å². The molecule has 2 saturated heterocycles. The molecular formula is C101H134N2O8. The van der Waals surface area contributed by atoms with Gasteiger partial charge < -0.3 is 38.2 Å². The van der Waals surface area contributed by atoms with E-state index in [2.05, 4.69) is 208 Å². The van der Waals surface area contributed by atoms with Gasteiger partial charge in [0.15, 0.2) is 5.60 Å². The lowest BCUT2D eigenvalue weighted by Gasteiger charge is -2.58. The van der Waals surface area contributed by atoms with Crippen LogP contribution in [0.4, 0.5) is 21.0 Å². The van der Waals surface area contributed by atoms with Crippen LogP contribution in [-0.2, 0) is 30.0 Å². The number of carbonyl (C=O) groups excluding carboxylic acids is 2. The Hall–Kier alpha value is -6.68. The van der Waals surface area contributed by atoms with E-state index in [4.69, 9.17) is 28.4 Å². The first-order chi connectivity index (χ1) is 53.4. The molecule has 0 spiro atoms. The van der Waals surface area contributed by atoms with Gasteiger partial charge in [0.1, 0.15) is 35.9 Å². The second-order valence-corrected chi connectivity index (χ2v) is 40.5. The van der Waals surface area contributed by atoms with E-state index in [1.54, 1.807) is 18.3 Å². The second-order valence-electron chi connectivity index (χ2n) is 40.5. The SMILES string of the molecule is COc1cc2c3c(c4c(c2cc1N1CCC(OC(=O)OC2CCC5(C)C(=CCC6C5CCC5(C)C(C(C)CCCC(C)C)CCC65)C2)CC1)-c1ccccc1C4(C)C)C=CC(c1ccccc1)(c1ccc(N2CCC(OC(=O)OC4CCC5(C)C(=CCC6C5CCC5(C)C(C(C)CCCC(C)C)CCC65)C4)CC2)cc1)O3. The van der Waals surface area contributed by atoms with E-state index in [1.807, 2.05) is 0 Å². The fraction of sp³-hybridized carbons (Fsp3) is 0.644. The van der Waals surface area contributed by atoms with Gasteiger partial charge in [-0.15, -0.1) is 0 Å². The molecule has 12 aliphatic rings. The van der Waals surface area contributed by atoms with Crippen molar-refractivity contribution in [1.82, 2.24) is 0 Å². The van der Waals surface area contributed by atoms with Gasteiger partial charge in [-0.2, -0.15) is 0 Å². The molecule has 8 fully saturated rings. The molecular weight excluding hydrogens is 1370 g/mol. The third-order valence-electron chi connectivity index (χ3n) is 33.5. The number of carbonyl (C=O) groups is 2. The summed E-state index contributed by atoms with van der Waals surface area (Å²) in [6.07, 6.45) is 38.4. The second kappa shape index (κ2) is 30.2. The van der Waals surface area contributed by atoms with Crippen molar-refractivity contribution in [1.29, 1.82) is 0 Å². The maximum absolute atomic E-state index is 13.9. The Morgan fingerprint density at radius 1 is 0.514 bits per heavy atom. The van der Waals surface area contributed by atoms with Crippen LogP contribution in [0.15, 0.2) is 120 Å². The Kier molecular flexibility index (Phi) is 20.9. The van der Waals surface area contributed by atoms with Gasteiger partial charge in [-0.3, -0.25) is 0 Å². The van der Waals surface area contributed by atoms with E-state index >= 15 is 0 Å². The zero-order chi connectivity index (χ0) is 77.1. The molecule has 596 valence electrons. The molecule has 0 radical (unpaired) electrons. The summed E-state index contributed by atoms with van der Waals surface area (Å²) in [5, 5.41) is 2.13. The lowest BCUT2D eigenvalue weighted by Crippen LogP contribution is -2.51. The van der Waals surface area contributed by atoms with Gasteiger partial charge in [-0.1, -0.05) is 218 Å². The number of hydrogen-bond acceptors (Lipinski definition) is 10. The quantitative estimate of drug-likeness (QED) is 0.0587. The number of methoxy groups -OCH3 is 1. The molecule has 0 bridgehead atoms. The van der Waals surface area contributed by atoms with Crippen LogP contribution in [0.25, 0.3) is 28.0 Å². The van der Waals surface area contributed by atoms with Gasteiger partial charge in [0.05, 0.1) is 12.8 Å². The highest BCUT2D eigenvalue weighted by molar-refractivity contribution is 6.10. The molecule has 9 aliphatic carbocycles. The third kappa shape index (κ3) is 13.6. The molecule has 17 atom stereocenters. The standard InChI is InChI=1S/C101H134N2O8/c1-63(2)21-19-23-65(5)82-37-39-85-76-35-31-69-59-74(41-50-97(69,9)87(76)44-52-99(82,85)11)109-94(104)107-72-46-55-102(56-47-72)71-33-29-68(30-34-71)101(67-25-15-14-16-26-67)54-43-79-92-91(78-27-17-18-28-84(78)96(92,7)8)80-61-89(90(106-13)62-81(80)93(79)111-101)103-57-48-73(49-58-103)108-95(105)110-75-42-51-98(10)70(60-75)32-36-77-86-40-38-83(66(6)24-20-22-64(3)4)100(86,12)53-45-88(77)98/h14-18,25-34,43,54,61-66,72-77,82-83,85-88H,19-24,35-42,44-53,55-60H2,1-13H3. The molecule has 17 rings (SSSR count). The predicted molar refractivity (Wildman–Crippen MR) is 451 cm³/mol. The molecule has 0 aromatic heterocycles. The first-order valence-corrected chi connectivity index (χ1v) is 44.9. The zero-order valence-electron chi connectivity index (χ0n) is 70.1. The number of piperidine rings is 2. The van der Waals surface area contributed by atoms with Crippen molar-refractivity contribution in [3.8, 4) is 22.6 Å². The summed E-state index contributed by atoms with van der Waals surface area (Å²) in [4.78, 5) is 32.5. The van der Waals surface area contributed by atoms with Crippen LogP contribution in [0, 0.1) is 92.7 Å². The van der Waals surface area contributed by atoms with Crippen molar-refractivity contribution in [2.24, 2.45) is 92.7 Å². The maximum Gasteiger partial charge on any atom is 0.508 e. The van der Waals surface area contributed by atoms with Crippen molar-refractivity contribution in [3.63, 3.8) is 0 Å². The van der Waals surface area contributed by atoms with Crippen LogP contribution >= 0.6 is 0 Å². The molecule has 111 heavy (non-hydrogen) atoms. The third-order valence-corrected chi connectivity index (χ3v) is 33.5. The Balaban J connectivity index is 0.542. The minimum atomic E-state index is -0.966. The Labute approximate surface area is 666 Å². The summed E-state index contributed by atoms with van der Waals surface area (Å²) in [7, 11) is 1.78. The highest BCUT2D eigenvalue weighted by Crippen LogP contribution is 2.70. The summed E-state index contributed by atoms with van der Waals surface area (Å²) in [6, 6.07) is 33.2. The Bertz CT molecular complexity index is 4340. The van der Waals surface area contributed by atoms with Crippen LogP contribution in [0.3, 0.4) is 0 Å². The summed E-state index contributed by atoms with van der Waals surface area (Å²) in [5.41, 5.74) is 13.5. The normalized spacial score (nSPS) is 33.8. The number of hydrogen-bond donors (Lipinski definition) is 0. The smallest absolute Gasteiger partial charge is 0.495 e. The molecule has 17 unspecified atom stereocenters. The van der Waals surface area contributed by atoms with E-state index in [-0.39, 0.29) is 40.7 Å². The Morgan fingerprint density at radius 2 is 1.02 bits per heavy atom. The van der Waals surface area contributed by atoms with Crippen molar-refractivity contribution in [2.75, 3.05) is 43.1 Å². The fourth-order valence-corrected chi connectivity index (χ4v) is 27.5. The van der Waals surface area contributed by atoms with E-state index < -0.39 is 17.9 Å². The number of nitrogens with zero attached hydrogens (tertiary/aromatic N) is 2. The molecule has 10 heteroatoms. The minimum Gasteiger partial charge on any atom is -0.495 e. The number of benzene rings is 5. The largest absolute Gasteiger partial charge is 0.508 e. The minimum absolute atomic E-state index is 0.125. The fourth-order valence-electron chi connectivity index (χ4n) is 27.5. The number of allylic oxidation sites excluding steroid dienone is 2. The van der Waals surface area contributed by atoms with Gasteiger partial charge in [0.2, 0.25) is 0 Å². The molecule has 0 amide bonds. The van der Waals surface area contributed by atoms with Crippen LogP contribution in [-0.4, -0.2) is 70.0 Å². The summed E-state index contributed by atoms with van der Waals surface area (Å²) in [5.74, 6) is 11.3. The van der Waals surface area contributed by atoms with Gasteiger partial charge in [-0.25, -0.2) is 9.59 Å². The van der Waals surface area contributed by atoms with E-state index in [0.29, 0.717) is 36.8 Å². The molecule has 5 aromatic carbocycles. The van der Waals surface area contributed by atoms with Gasteiger partial charge in [0, 0.05) is 97.9 Å². The first-order valence-electron chi connectivity index (χ1n) is 44.9. The highest BCUT2D eigenvalue weighted by atomic mass is 16.7. The Morgan fingerprint density at radius 3 is 1.55 bits per heavy atom. The van der Waals surface area contributed by atoms with Crippen LogP contribution in [0.1, 0.15) is 278 Å². The summed E-state index contributed by atoms with van der Waals surface area (Å²) >= 11 is 0. The van der Waals surface area contributed by atoms with E-state index in [9.17, 15) is 9.59 Å². The lowest BCUT2D eigenvalue weighted by atomic mass is 9.47. The number of fused-ring (bicyclic) bond motifs is 18. The predicted octanol–water partition coefficient (Wildman–Crippen LogP) is 25.6. The summed E-state index contributed by atoms with van der Waals surface area (Å²) < 4.78 is 39.4. The highest BCUT2D eigenvalue weighted by Gasteiger charge is 2.62. The van der Waals surface area contributed by atoms with Crippen LogP contribution < -0.4 is 19.3 Å². The average molecular weight is 1500 g/mol. The number of anilines is 2. The van der Waals surface area contributed by atoms with Crippen molar-refractivity contribution in [2.45, 2.75) is 285 Å². The van der Waals surface area contributed by atoms with E-state index in [1.165, 1.54) is 125 Å². The molecule has 10 nitrogen and oxygen atoms in total. The van der Waals surface area contributed by atoms with Gasteiger partial charge in [-0.05, 0) is 241 Å². The molecule has 0 N–H and O–H groups in total. The monoisotopic (exact) mass is 1500 g/mol. The molecule has 5 aromatic rings. The van der Waals surface area contributed by atoms with Crippen molar-refractivity contribution in [3.05, 3.63) is 148 Å². The maximum atomic E-state index is 13.9. The number of rotatable bonds is 19. The van der Waals surface area contributed by atoms with Gasteiger partial charge >= 0.3 is 12.3 Å². The van der Waals surface area contributed by atoms with Crippen LogP contribution in [0.5, 0.6) is 11.5 Å². The van der Waals surface area contributed by atoms with Crippen LogP contribution in [0.2, 0.25) is 0 Å². The van der Waals surface area contributed by atoms with Crippen molar-refractivity contribution < 1.29 is 38.0 Å². The molecule has 6 saturated carbocycles. The number of ether oxygens (including phenoxy) is 6. The zero-order valence-corrected chi connectivity index (χ0v) is 70.1. The molecule has 3 heterocycles. The van der Waals surface area contributed by atoms with Crippen molar-refractivity contribution >= 4 is 40.5 Å². The topological polar surface area (TPSA) is 96.0 Å². The lowest BCUT2D eigenvalue weighted by molar-refractivity contribution is -0.0644. The average Bonchev–Trinajstić information content (AvgIpc) is 1.58. The van der Waals surface area contributed by atoms with E-state index in [0.717, 1.165) is 186 Å². The summed E-state index contributed by atoms with van der Waals surface area (Å²) in [6.45, 7) is 32.9. The molecule has 3 aliphatic heterocycles. The first kappa shape index (κ1) is 76.9.